The molecule has 1 aromatic heterocycles. The lowest BCUT2D eigenvalue weighted by atomic mass is 10.1. The molecule has 4 heteroatoms. The Labute approximate surface area is 103 Å². The minimum Gasteiger partial charge on any atom is -0.373 e. The third-order valence-corrected chi connectivity index (χ3v) is 2.99. The molecule has 0 radical (unpaired) electrons. The second kappa shape index (κ2) is 5.02. The molecule has 2 rings (SSSR count). The minimum absolute atomic E-state index is 0.0312. The van der Waals surface area contributed by atoms with Crippen molar-refractivity contribution in [3.05, 3.63) is 23.9 Å². The molecule has 0 unspecified atom stereocenters. The fourth-order valence-corrected chi connectivity index (χ4v) is 2.17. The monoisotopic (exact) mass is 235 g/mol. The highest BCUT2D eigenvalue weighted by Gasteiger charge is 2.26. The van der Waals surface area contributed by atoms with E-state index in [2.05, 4.69) is 35.1 Å². The molecule has 0 amide bonds. The van der Waals surface area contributed by atoms with Crippen LogP contribution in [0.15, 0.2) is 18.3 Å². The van der Waals surface area contributed by atoms with Gasteiger partial charge in [0.25, 0.3) is 0 Å². The van der Waals surface area contributed by atoms with Crippen LogP contribution in [0.1, 0.15) is 19.4 Å². The average Bonchev–Trinajstić information content (AvgIpc) is 2.29. The van der Waals surface area contributed by atoms with Crippen LogP contribution in [0.25, 0.3) is 0 Å². The lowest BCUT2D eigenvalue weighted by Crippen LogP contribution is -2.47. The second-order valence-corrected chi connectivity index (χ2v) is 5.12. The number of rotatable bonds is 3. The van der Waals surface area contributed by atoms with E-state index >= 15 is 0 Å². The van der Waals surface area contributed by atoms with Gasteiger partial charge in [-0.1, -0.05) is 6.07 Å². The average molecular weight is 235 g/mol. The third-order valence-electron chi connectivity index (χ3n) is 2.99. The smallest absolute Gasteiger partial charge is 0.125 e. The summed E-state index contributed by atoms with van der Waals surface area (Å²) in [6.07, 6.45) is 1.94. The standard InChI is InChI=1S/C13H21N3O/c1-13(2)10-16(6-7-17-13)9-11-4-5-12(14-3)15-8-11/h4-5,8H,6-7,9-10H2,1-3H3,(H,14,15). The van der Waals surface area contributed by atoms with Gasteiger partial charge in [0.05, 0.1) is 12.2 Å². The van der Waals surface area contributed by atoms with Gasteiger partial charge in [0.1, 0.15) is 5.82 Å². The molecule has 0 spiro atoms. The SMILES string of the molecule is CNc1ccc(CN2CCOC(C)(C)C2)cn1. The van der Waals surface area contributed by atoms with Crippen LogP contribution in [0.5, 0.6) is 0 Å². The predicted octanol–water partition coefficient (Wildman–Crippen LogP) is 1.73. The maximum atomic E-state index is 5.70. The Morgan fingerprint density at radius 2 is 2.29 bits per heavy atom. The van der Waals surface area contributed by atoms with E-state index in [0.717, 1.165) is 32.1 Å². The van der Waals surface area contributed by atoms with E-state index in [4.69, 9.17) is 4.74 Å². The van der Waals surface area contributed by atoms with Gasteiger partial charge in [0.2, 0.25) is 0 Å². The number of nitrogens with zero attached hydrogens (tertiary/aromatic N) is 2. The van der Waals surface area contributed by atoms with Crippen molar-refractivity contribution >= 4 is 5.82 Å². The van der Waals surface area contributed by atoms with Gasteiger partial charge in [-0.2, -0.15) is 0 Å². The summed E-state index contributed by atoms with van der Waals surface area (Å²) < 4.78 is 5.70. The first-order valence-corrected chi connectivity index (χ1v) is 6.08. The summed E-state index contributed by atoms with van der Waals surface area (Å²) >= 11 is 0. The van der Waals surface area contributed by atoms with Crippen LogP contribution in [0, 0.1) is 0 Å². The van der Waals surface area contributed by atoms with Gasteiger partial charge in [-0.3, -0.25) is 4.90 Å². The number of aromatic nitrogens is 1. The topological polar surface area (TPSA) is 37.4 Å². The number of ether oxygens (including phenoxy) is 1. The number of anilines is 1. The van der Waals surface area contributed by atoms with Gasteiger partial charge in [-0.25, -0.2) is 4.98 Å². The molecule has 0 aromatic carbocycles. The molecule has 1 aliphatic heterocycles. The van der Waals surface area contributed by atoms with Crippen LogP contribution in [0.2, 0.25) is 0 Å². The Kier molecular flexibility index (Phi) is 3.64. The highest BCUT2D eigenvalue weighted by molar-refractivity contribution is 5.34. The number of morpholine rings is 1. The molecule has 17 heavy (non-hydrogen) atoms. The van der Waals surface area contributed by atoms with Gasteiger partial charge in [0, 0.05) is 32.9 Å². The van der Waals surface area contributed by atoms with E-state index in [1.54, 1.807) is 0 Å². The van der Waals surface area contributed by atoms with E-state index < -0.39 is 0 Å². The molecular weight excluding hydrogens is 214 g/mol. The second-order valence-electron chi connectivity index (χ2n) is 5.12. The quantitative estimate of drug-likeness (QED) is 0.866. The van der Waals surface area contributed by atoms with Gasteiger partial charge in [-0.15, -0.1) is 0 Å². The Bertz CT molecular complexity index is 361. The van der Waals surface area contributed by atoms with E-state index in [9.17, 15) is 0 Å². The fraction of sp³-hybridized carbons (Fsp3) is 0.615. The Morgan fingerprint density at radius 1 is 1.47 bits per heavy atom. The number of hydrogen-bond donors (Lipinski definition) is 1. The first-order chi connectivity index (χ1) is 8.09. The first-order valence-electron chi connectivity index (χ1n) is 6.08. The molecule has 1 saturated heterocycles. The predicted molar refractivity (Wildman–Crippen MR) is 69.1 cm³/mol. The van der Waals surface area contributed by atoms with Crippen LogP contribution in [-0.2, 0) is 11.3 Å². The molecule has 2 heterocycles. The highest BCUT2D eigenvalue weighted by atomic mass is 16.5. The molecule has 1 aliphatic rings. The molecule has 1 aromatic rings. The summed E-state index contributed by atoms with van der Waals surface area (Å²) in [5.41, 5.74) is 1.22. The van der Waals surface area contributed by atoms with E-state index in [1.165, 1.54) is 5.56 Å². The van der Waals surface area contributed by atoms with Crippen LogP contribution in [0.4, 0.5) is 5.82 Å². The summed E-state index contributed by atoms with van der Waals surface area (Å²) in [7, 11) is 1.88. The summed E-state index contributed by atoms with van der Waals surface area (Å²) in [6.45, 7) is 8.01. The Balaban J connectivity index is 1.95. The van der Waals surface area contributed by atoms with Crippen molar-refractivity contribution in [1.29, 1.82) is 0 Å². The van der Waals surface area contributed by atoms with Crippen LogP contribution >= 0.6 is 0 Å². The first kappa shape index (κ1) is 12.3. The van der Waals surface area contributed by atoms with E-state index in [1.807, 2.05) is 19.3 Å². The summed E-state index contributed by atoms with van der Waals surface area (Å²) in [5, 5.41) is 3.03. The molecule has 0 aliphatic carbocycles. The zero-order chi connectivity index (χ0) is 12.3. The third kappa shape index (κ3) is 3.41. The number of hydrogen-bond acceptors (Lipinski definition) is 4. The van der Waals surface area contributed by atoms with E-state index in [0.29, 0.717) is 0 Å². The van der Waals surface area contributed by atoms with Gasteiger partial charge >= 0.3 is 0 Å². The molecule has 0 saturated carbocycles. The summed E-state index contributed by atoms with van der Waals surface area (Å²) in [5.74, 6) is 0.913. The zero-order valence-corrected chi connectivity index (χ0v) is 10.9. The number of nitrogens with one attached hydrogen (secondary N) is 1. The van der Waals surface area contributed by atoms with Crippen LogP contribution < -0.4 is 5.32 Å². The Hall–Kier alpha value is -1.13. The van der Waals surface area contributed by atoms with Gasteiger partial charge < -0.3 is 10.1 Å². The van der Waals surface area contributed by atoms with Crippen LogP contribution in [-0.4, -0.2) is 42.2 Å². The van der Waals surface area contributed by atoms with Crippen molar-refractivity contribution in [2.45, 2.75) is 26.0 Å². The van der Waals surface area contributed by atoms with Crippen molar-refractivity contribution in [2.75, 3.05) is 32.1 Å². The largest absolute Gasteiger partial charge is 0.373 e. The zero-order valence-electron chi connectivity index (χ0n) is 10.9. The maximum absolute atomic E-state index is 5.70. The van der Waals surface area contributed by atoms with Gasteiger partial charge in [-0.05, 0) is 25.5 Å². The molecular formula is C13H21N3O. The summed E-state index contributed by atoms with van der Waals surface area (Å²) in [6, 6.07) is 4.14. The van der Waals surface area contributed by atoms with Crippen molar-refractivity contribution < 1.29 is 4.74 Å². The van der Waals surface area contributed by atoms with Crippen molar-refractivity contribution in [3.8, 4) is 0 Å². The fourth-order valence-electron chi connectivity index (χ4n) is 2.17. The van der Waals surface area contributed by atoms with Crippen LogP contribution in [0.3, 0.4) is 0 Å². The molecule has 4 nitrogen and oxygen atoms in total. The number of pyridine rings is 1. The lowest BCUT2D eigenvalue weighted by molar-refractivity contribution is -0.0882. The van der Waals surface area contributed by atoms with Crippen molar-refractivity contribution in [2.24, 2.45) is 0 Å². The van der Waals surface area contributed by atoms with E-state index in [-0.39, 0.29) is 5.60 Å². The molecule has 94 valence electrons. The lowest BCUT2D eigenvalue weighted by Gasteiger charge is -2.38. The Morgan fingerprint density at radius 3 is 2.88 bits per heavy atom. The maximum Gasteiger partial charge on any atom is 0.125 e. The van der Waals surface area contributed by atoms with Crippen molar-refractivity contribution in [3.63, 3.8) is 0 Å². The van der Waals surface area contributed by atoms with Gasteiger partial charge in [0.15, 0.2) is 0 Å². The highest BCUT2D eigenvalue weighted by Crippen LogP contribution is 2.18. The molecule has 1 fully saturated rings. The minimum atomic E-state index is -0.0312. The normalized spacial score (nSPS) is 20.2. The molecule has 1 N–H and O–H groups in total. The molecule has 0 bridgehead atoms. The van der Waals surface area contributed by atoms with Crippen molar-refractivity contribution in [1.82, 2.24) is 9.88 Å². The summed E-state index contributed by atoms with van der Waals surface area (Å²) in [4.78, 5) is 6.75. The molecule has 0 atom stereocenters.